The Kier molecular flexibility index (Phi) is 5.31. The van der Waals surface area contributed by atoms with Gasteiger partial charge in [0.05, 0.1) is 13.2 Å². The van der Waals surface area contributed by atoms with Crippen LogP contribution < -0.4 is 11.5 Å². The van der Waals surface area contributed by atoms with Gasteiger partial charge in [-0.2, -0.15) is 0 Å². The molecule has 1 aliphatic rings. The fourth-order valence-electron chi connectivity index (χ4n) is 1.52. The Morgan fingerprint density at radius 2 is 1.77 bits per heavy atom. The third-order valence-corrected chi connectivity index (χ3v) is 2.62. The van der Waals surface area contributed by atoms with Gasteiger partial charge in [0.15, 0.2) is 0 Å². The van der Waals surface area contributed by atoms with Gasteiger partial charge in [-0.25, -0.2) is 0 Å². The van der Waals surface area contributed by atoms with Crippen LogP contribution in [0, 0.1) is 5.92 Å². The Morgan fingerprint density at radius 1 is 1.15 bits per heavy atom. The van der Waals surface area contributed by atoms with Crippen molar-refractivity contribution >= 4 is 0 Å². The molecule has 1 heterocycles. The lowest BCUT2D eigenvalue weighted by Gasteiger charge is -2.27. The summed E-state index contributed by atoms with van der Waals surface area (Å²) in [7, 11) is 0. The number of ether oxygens (including phenoxy) is 1. The highest BCUT2D eigenvalue weighted by molar-refractivity contribution is 4.66. The van der Waals surface area contributed by atoms with Crippen molar-refractivity contribution in [1.82, 2.24) is 4.90 Å². The Hall–Kier alpha value is -0.160. The van der Waals surface area contributed by atoms with E-state index < -0.39 is 0 Å². The fraction of sp³-hybridized carbons (Fsp3) is 1.00. The summed E-state index contributed by atoms with van der Waals surface area (Å²) in [6.45, 7) is 6.39. The number of hydrogen-bond acceptors (Lipinski definition) is 4. The monoisotopic (exact) mass is 187 g/mol. The summed E-state index contributed by atoms with van der Waals surface area (Å²) < 4.78 is 5.27. The molecule has 1 rings (SSSR count). The summed E-state index contributed by atoms with van der Waals surface area (Å²) in [5, 5.41) is 0. The molecule has 0 unspecified atom stereocenters. The highest BCUT2D eigenvalue weighted by Crippen LogP contribution is 2.03. The van der Waals surface area contributed by atoms with Crippen LogP contribution in [0.4, 0.5) is 0 Å². The van der Waals surface area contributed by atoms with Gasteiger partial charge in [0, 0.05) is 13.1 Å². The number of nitrogens with two attached hydrogens (primary N) is 2. The summed E-state index contributed by atoms with van der Waals surface area (Å²) in [6.07, 6.45) is 1.12. The normalized spacial score (nSPS) is 19.6. The smallest absolute Gasteiger partial charge is 0.0594 e. The number of hydrogen-bond donors (Lipinski definition) is 2. The van der Waals surface area contributed by atoms with E-state index in [0.717, 1.165) is 39.3 Å². The van der Waals surface area contributed by atoms with Gasteiger partial charge in [0.2, 0.25) is 0 Å². The first-order valence-corrected chi connectivity index (χ1v) is 5.07. The van der Waals surface area contributed by atoms with Crippen molar-refractivity contribution in [3.05, 3.63) is 0 Å². The number of rotatable bonds is 5. The first-order chi connectivity index (χ1) is 6.36. The molecule has 1 aliphatic heterocycles. The van der Waals surface area contributed by atoms with Gasteiger partial charge in [-0.05, 0) is 32.0 Å². The van der Waals surface area contributed by atoms with Gasteiger partial charge in [-0.15, -0.1) is 0 Å². The van der Waals surface area contributed by atoms with E-state index in [1.807, 2.05) is 0 Å². The van der Waals surface area contributed by atoms with Crippen molar-refractivity contribution < 1.29 is 4.74 Å². The van der Waals surface area contributed by atoms with Crippen LogP contribution in [0.15, 0.2) is 0 Å². The summed E-state index contributed by atoms with van der Waals surface area (Å²) >= 11 is 0. The second-order valence-electron chi connectivity index (χ2n) is 3.58. The van der Waals surface area contributed by atoms with Crippen LogP contribution in [0.1, 0.15) is 6.42 Å². The van der Waals surface area contributed by atoms with Gasteiger partial charge >= 0.3 is 0 Å². The van der Waals surface area contributed by atoms with Crippen LogP contribution in [0.2, 0.25) is 0 Å². The minimum absolute atomic E-state index is 0.489. The molecule has 0 spiro atoms. The van der Waals surface area contributed by atoms with Crippen molar-refractivity contribution in [2.24, 2.45) is 17.4 Å². The molecule has 0 saturated carbocycles. The average Bonchev–Trinajstić information content (AvgIpc) is 2.21. The molecule has 0 aromatic heterocycles. The third-order valence-electron chi connectivity index (χ3n) is 2.62. The van der Waals surface area contributed by atoms with E-state index in [4.69, 9.17) is 16.2 Å². The van der Waals surface area contributed by atoms with E-state index in [-0.39, 0.29) is 0 Å². The molecule has 1 saturated heterocycles. The molecule has 0 aromatic rings. The molecule has 4 heteroatoms. The largest absolute Gasteiger partial charge is 0.379 e. The molecule has 0 radical (unpaired) electrons. The van der Waals surface area contributed by atoms with Crippen molar-refractivity contribution in [3.63, 3.8) is 0 Å². The maximum absolute atomic E-state index is 5.58. The van der Waals surface area contributed by atoms with Gasteiger partial charge in [-0.1, -0.05) is 0 Å². The Bertz CT molecular complexity index is 122. The van der Waals surface area contributed by atoms with Gasteiger partial charge in [0.25, 0.3) is 0 Å². The van der Waals surface area contributed by atoms with Gasteiger partial charge in [-0.3, -0.25) is 4.90 Å². The Labute approximate surface area is 80.2 Å². The molecular formula is C9H21N3O. The molecule has 78 valence electrons. The lowest BCUT2D eigenvalue weighted by Crippen LogP contribution is -2.38. The van der Waals surface area contributed by atoms with E-state index in [9.17, 15) is 0 Å². The molecule has 1 fully saturated rings. The van der Waals surface area contributed by atoms with Gasteiger partial charge in [0.1, 0.15) is 0 Å². The molecule has 0 atom stereocenters. The van der Waals surface area contributed by atoms with Crippen molar-refractivity contribution in [2.45, 2.75) is 6.42 Å². The van der Waals surface area contributed by atoms with Crippen LogP contribution in [0.3, 0.4) is 0 Å². The molecule has 0 bridgehead atoms. The van der Waals surface area contributed by atoms with Crippen LogP contribution in [-0.4, -0.2) is 50.8 Å². The number of nitrogens with zero attached hydrogens (tertiary/aromatic N) is 1. The highest BCUT2D eigenvalue weighted by atomic mass is 16.5. The summed E-state index contributed by atoms with van der Waals surface area (Å²) in [4.78, 5) is 2.42. The highest BCUT2D eigenvalue weighted by Gasteiger charge is 2.11. The molecule has 4 nitrogen and oxygen atoms in total. The topological polar surface area (TPSA) is 64.5 Å². The second-order valence-corrected chi connectivity index (χ2v) is 3.58. The van der Waals surface area contributed by atoms with Crippen LogP contribution in [0.5, 0.6) is 0 Å². The molecule has 13 heavy (non-hydrogen) atoms. The predicted molar refractivity (Wildman–Crippen MR) is 53.5 cm³/mol. The fourth-order valence-corrected chi connectivity index (χ4v) is 1.52. The summed E-state index contributed by atoms with van der Waals surface area (Å²) in [6, 6.07) is 0. The van der Waals surface area contributed by atoms with E-state index in [0.29, 0.717) is 19.0 Å². The first-order valence-electron chi connectivity index (χ1n) is 5.07. The van der Waals surface area contributed by atoms with Crippen molar-refractivity contribution in [1.29, 1.82) is 0 Å². The second kappa shape index (κ2) is 6.32. The first kappa shape index (κ1) is 10.9. The average molecular weight is 187 g/mol. The lowest BCUT2D eigenvalue weighted by molar-refractivity contribution is 0.0357. The Balaban J connectivity index is 2.09. The summed E-state index contributed by atoms with van der Waals surface area (Å²) in [5.74, 6) is 0.489. The van der Waals surface area contributed by atoms with E-state index in [2.05, 4.69) is 4.90 Å². The van der Waals surface area contributed by atoms with E-state index >= 15 is 0 Å². The lowest BCUT2D eigenvalue weighted by atomic mass is 10.1. The van der Waals surface area contributed by atoms with Crippen LogP contribution >= 0.6 is 0 Å². The quantitative estimate of drug-likeness (QED) is 0.594. The molecule has 0 aliphatic carbocycles. The SMILES string of the molecule is NCC(CN)CCN1CCOCC1. The molecule has 0 amide bonds. The summed E-state index contributed by atoms with van der Waals surface area (Å²) in [5.41, 5.74) is 11.2. The maximum atomic E-state index is 5.58. The predicted octanol–water partition coefficient (Wildman–Crippen LogP) is -0.758. The van der Waals surface area contributed by atoms with E-state index in [1.54, 1.807) is 0 Å². The third kappa shape index (κ3) is 4.04. The zero-order valence-corrected chi connectivity index (χ0v) is 8.24. The minimum atomic E-state index is 0.489. The minimum Gasteiger partial charge on any atom is -0.379 e. The zero-order valence-electron chi connectivity index (χ0n) is 8.24. The van der Waals surface area contributed by atoms with E-state index in [1.165, 1.54) is 0 Å². The van der Waals surface area contributed by atoms with Crippen LogP contribution in [0.25, 0.3) is 0 Å². The van der Waals surface area contributed by atoms with Gasteiger partial charge < -0.3 is 16.2 Å². The van der Waals surface area contributed by atoms with Crippen molar-refractivity contribution in [3.8, 4) is 0 Å². The molecule has 4 N–H and O–H groups in total. The Morgan fingerprint density at radius 3 is 2.31 bits per heavy atom. The zero-order chi connectivity index (χ0) is 9.52. The standard InChI is InChI=1S/C9H21N3O/c10-7-9(8-11)1-2-12-3-5-13-6-4-12/h9H,1-8,10-11H2. The van der Waals surface area contributed by atoms with Crippen molar-refractivity contribution in [2.75, 3.05) is 45.9 Å². The molecular weight excluding hydrogens is 166 g/mol. The molecule has 0 aromatic carbocycles. The van der Waals surface area contributed by atoms with Crippen LogP contribution in [-0.2, 0) is 4.74 Å². The number of morpholine rings is 1. The maximum Gasteiger partial charge on any atom is 0.0594 e.